The second-order valence-corrected chi connectivity index (χ2v) is 8.17. The number of carbonyl (C=O) groups is 2. The number of aromatic nitrogens is 1. The number of amides is 2. The Morgan fingerprint density at radius 2 is 2.13 bits per heavy atom. The van der Waals surface area contributed by atoms with Crippen molar-refractivity contribution in [1.29, 1.82) is 0 Å². The maximum Gasteiger partial charge on any atom is 0.254 e. The molecule has 4 rings (SSSR count). The van der Waals surface area contributed by atoms with Crippen LogP contribution in [0.3, 0.4) is 0 Å². The molecular formula is C23H27FN4O3. The number of ether oxygens (including phenoxy) is 1. The number of nitrogens with one attached hydrogen (secondary N) is 1. The number of halogens is 1. The van der Waals surface area contributed by atoms with E-state index in [-0.39, 0.29) is 17.6 Å². The second kappa shape index (κ2) is 9.11. The Morgan fingerprint density at radius 1 is 1.32 bits per heavy atom. The summed E-state index contributed by atoms with van der Waals surface area (Å²) in [5.41, 5.74) is 0.631. The van der Waals surface area contributed by atoms with Crippen LogP contribution in [0.5, 0.6) is 0 Å². The fraction of sp³-hybridized carbons (Fsp3) is 0.435. The van der Waals surface area contributed by atoms with E-state index in [4.69, 9.17) is 4.74 Å². The van der Waals surface area contributed by atoms with Gasteiger partial charge in [-0.1, -0.05) is 18.2 Å². The minimum Gasteiger partial charge on any atom is -0.361 e. The fourth-order valence-corrected chi connectivity index (χ4v) is 4.35. The average Bonchev–Trinajstić information content (AvgIpc) is 3.14. The van der Waals surface area contributed by atoms with Gasteiger partial charge in [-0.05, 0) is 29.8 Å². The highest BCUT2D eigenvalue weighted by Gasteiger charge is 2.57. The van der Waals surface area contributed by atoms with Gasteiger partial charge in [-0.25, -0.2) is 4.39 Å². The summed E-state index contributed by atoms with van der Waals surface area (Å²) in [6.07, 6.45) is 2.37. The van der Waals surface area contributed by atoms with Crippen molar-refractivity contribution in [2.45, 2.75) is 18.6 Å². The average molecular weight is 426 g/mol. The SMILES string of the molecule is CN(CCc1ccccn1)C(=O)[C@H]1CN(Cc2ccc(F)cc2)C[C@@]12OCCNC2=O. The molecule has 2 aromatic rings. The number of benzene rings is 1. The molecule has 0 radical (unpaired) electrons. The molecule has 31 heavy (non-hydrogen) atoms. The third kappa shape index (κ3) is 4.60. The number of carbonyl (C=O) groups excluding carboxylic acids is 2. The number of rotatable bonds is 6. The van der Waals surface area contributed by atoms with Gasteiger partial charge in [0.05, 0.1) is 12.5 Å². The minimum absolute atomic E-state index is 0.116. The molecule has 2 atom stereocenters. The maximum absolute atomic E-state index is 13.4. The molecule has 3 heterocycles. The number of likely N-dealkylation sites (N-methyl/N-ethyl adjacent to an activating group) is 1. The Kier molecular flexibility index (Phi) is 6.29. The van der Waals surface area contributed by atoms with Crippen LogP contribution in [0.1, 0.15) is 11.3 Å². The Morgan fingerprint density at radius 3 is 2.84 bits per heavy atom. The highest BCUT2D eigenvalue weighted by Crippen LogP contribution is 2.35. The van der Waals surface area contributed by atoms with E-state index >= 15 is 0 Å². The second-order valence-electron chi connectivity index (χ2n) is 8.17. The first-order chi connectivity index (χ1) is 15.0. The molecule has 1 aromatic heterocycles. The lowest BCUT2D eigenvalue weighted by Crippen LogP contribution is -2.62. The highest BCUT2D eigenvalue weighted by atomic mass is 19.1. The van der Waals surface area contributed by atoms with Gasteiger partial charge >= 0.3 is 0 Å². The number of pyridine rings is 1. The van der Waals surface area contributed by atoms with Crippen LogP contribution in [0, 0.1) is 11.7 Å². The first-order valence-corrected chi connectivity index (χ1v) is 10.5. The predicted molar refractivity (Wildman–Crippen MR) is 112 cm³/mol. The van der Waals surface area contributed by atoms with E-state index in [9.17, 15) is 14.0 Å². The van der Waals surface area contributed by atoms with Crippen LogP contribution in [0.15, 0.2) is 48.7 Å². The normalized spacial score (nSPS) is 23.7. The van der Waals surface area contributed by atoms with Crippen molar-refractivity contribution in [2.75, 3.05) is 39.8 Å². The number of hydrogen-bond acceptors (Lipinski definition) is 5. The van der Waals surface area contributed by atoms with Gasteiger partial charge in [-0.15, -0.1) is 0 Å². The largest absolute Gasteiger partial charge is 0.361 e. The predicted octanol–water partition coefficient (Wildman–Crippen LogP) is 1.24. The van der Waals surface area contributed by atoms with Crippen molar-refractivity contribution in [3.8, 4) is 0 Å². The summed E-state index contributed by atoms with van der Waals surface area (Å²) in [6, 6.07) is 12.0. The van der Waals surface area contributed by atoms with Gasteiger partial charge in [-0.2, -0.15) is 0 Å². The van der Waals surface area contributed by atoms with Crippen LogP contribution in [-0.4, -0.2) is 72.0 Å². The zero-order valence-corrected chi connectivity index (χ0v) is 17.6. The third-order valence-corrected chi connectivity index (χ3v) is 6.02. The lowest BCUT2D eigenvalue weighted by molar-refractivity contribution is -0.166. The number of likely N-dealkylation sites (tertiary alicyclic amines) is 1. The van der Waals surface area contributed by atoms with Crippen LogP contribution >= 0.6 is 0 Å². The van der Waals surface area contributed by atoms with Gasteiger partial charge in [-0.3, -0.25) is 19.5 Å². The van der Waals surface area contributed by atoms with Crippen LogP contribution in [0.2, 0.25) is 0 Å². The molecule has 0 unspecified atom stereocenters. The standard InChI is InChI=1S/C23H27FN4O3/c1-27(12-9-19-4-2-3-10-25-19)21(29)20-15-28(14-17-5-7-18(24)8-6-17)16-23(20)22(30)26-11-13-31-23/h2-8,10,20H,9,11-16H2,1H3,(H,26,30)/t20-,23-/m1/s1. The van der Waals surface area contributed by atoms with Crippen LogP contribution in [-0.2, 0) is 27.3 Å². The number of morpholine rings is 1. The zero-order chi connectivity index (χ0) is 21.8. The van der Waals surface area contributed by atoms with Gasteiger partial charge in [0, 0.05) is 58.1 Å². The van der Waals surface area contributed by atoms with Crippen molar-refractivity contribution in [2.24, 2.45) is 5.92 Å². The van der Waals surface area contributed by atoms with E-state index in [1.54, 1.807) is 30.3 Å². The van der Waals surface area contributed by atoms with Crippen molar-refractivity contribution in [3.05, 3.63) is 65.7 Å². The van der Waals surface area contributed by atoms with Crippen molar-refractivity contribution < 1.29 is 18.7 Å². The first kappa shape index (κ1) is 21.4. The zero-order valence-electron chi connectivity index (χ0n) is 17.6. The molecular weight excluding hydrogens is 399 g/mol. The molecule has 7 nitrogen and oxygen atoms in total. The van der Waals surface area contributed by atoms with Gasteiger partial charge in [0.2, 0.25) is 5.91 Å². The van der Waals surface area contributed by atoms with Gasteiger partial charge in [0.25, 0.3) is 5.91 Å². The molecule has 164 valence electrons. The molecule has 2 amide bonds. The summed E-state index contributed by atoms with van der Waals surface area (Å²) in [4.78, 5) is 34.3. The number of hydrogen-bond donors (Lipinski definition) is 1. The Labute approximate surface area is 181 Å². The molecule has 0 saturated carbocycles. The monoisotopic (exact) mass is 426 g/mol. The quantitative estimate of drug-likeness (QED) is 0.752. The molecule has 2 saturated heterocycles. The molecule has 0 aliphatic carbocycles. The van der Waals surface area contributed by atoms with Crippen LogP contribution in [0.4, 0.5) is 4.39 Å². The third-order valence-electron chi connectivity index (χ3n) is 6.02. The topological polar surface area (TPSA) is 74.8 Å². The summed E-state index contributed by atoms with van der Waals surface area (Å²) >= 11 is 0. The van der Waals surface area contributed by atoms with Crippen LogP contribution in [0.25, 0.3) is 0 Å². The molecule has 2 aliphatic heterocycles. The summed E-state index contributed by atoms with van der Waals surface area (Å²) in [7, 11) is 1.75. The molecule has 2 fully saturated rings. The fourth-order valence-electron chi connectivity index (χ4n) is 4.35. The van der Waals surface area contributed by atoms with Gasteiger partial charge in [0.1, 0.15) is 5.82 Å². The summed E-state index contributed by atoms with van der Waals surface area (Å²) < 4.78 is 19.2. The lowest BCUT2D eigenvalue weighted by atomic mass is 9.87. The summed E-state index contributed by atoms with van der Waals surface area (Å²) in [5, 5.41) is 2.87. The Bertz CT molecular complexity index is 924. The first-order valence-electron chi connectivity index (χ1n) is 10.5. The summed E-state index contributed by atoms with van der Waals surface area (Å²) in [6.45, 7) is 2.55. The number of nitrogens with zero attached hydrogens (tertiary/aromatic N) is 3. The van der Waals surface area contributed by atoms with E-state index < -0.39 is 11.5 Å². The minimum atomic E-state index is -1.20. The summed E-state index contributed by atoms with van der Waals surface area (Å²) in [5.74, 6) is -1.26. The Balaban J connectivity index is 1.49. The van der Waals surface area contributed by atoms with Gasteiger partial charge in [0.15, 0.2) is 5.60 Å². The smallest absolute Gasteiger partial charge is 0.254 e. The lowest BCUT2D eigenvalue weighted by Gasteiger charge is -2.37. The molecule has 1 N–H and O–H groups in total. The van der Waals surface area contributed by atoms with Crippen molar-refractivity contribution in [1.82, 2.24) is 20.1 Å². The molecule has 2 aliphatic rings. The van der Waals surface area contributed by atoms with Crippen molar-refractivity contribution in [3.63, 3.8) is 0 Å². The maximum atomic E-state index is 13.4. The van der Waals surface area contributed by atoms with Crippen LogP contribution < -0.4 is 5.32 Å². The molecule has 0 bridgehead atoms. The molecule has 1 spiro atoms. The van der Waals surface area contributed by atoms with E-state index in [1.165, 1.54) is 12.1 Å². The van der Waals surface area contributed by atoms with E-state index in [1.807, 2.05) is 23.1 Å². The van der Waals surface area contributed by atoms with Gasteiger partial charge < -0.3 is 15.0 Å². The van der Waals surface area contributed by atoms with E-state index in [2.05, 4.69) is 10.3 Å². The Hall–Kier alpha value is -2.84. The van der Waals surface area contributed by atoms with E-state index in [0.29, 0.717) is 45.8 Å². The van der Waals surface area contributed by atoms with E-state index in [0.717, 1.165) is 11.3 Å². The molecule has 8 heteroatoms. The highest BCUT2D eigenvalue weighted by molar-refractivity contribution is 5.94. The molecule has 1 aromatic carbocycles. The van der Waals surface area contributed by atoms with Crippen molar-refractivity contribution >= 4 is 11.8 Å².